The molecule has 2 aliphatic rings. The molecule has 2 aliphatic carbocycles. The van der Waals surface area contributed by atoms with Gasteiger partial charge in [0, 0.05) is 18.8 Å². The van der Waals surface area contributed by atoms with Gasteiger partial charge in [-0.05, 0) is 48.1 Å². The van der Waals surface area contributed by atoms with Crippen LogP contribution in [0.25, 0.3) is 0 Å². The second-order valence-corrected chi connectivity index (χ2v) is 7.57. The van der Waals surface area contributed by atoms with Gasteiger partial charge in [0.05, 0.1) is 11.3 Å². The quantitative estimate of drug-likeness (QED) is 0.893. The molecule has 0 radical (unpaired) electrons. The Bertz CT molecular complexity index is 548. The Hall–Kier alpha value is -1.42. The third kappa shape index (κ3) is 2.35. The first-order chi connectivity index (χ1) is 9.83. The molecule has 2 saturated carbocycles. The lowest BCUT2D eigenvalue weighted by Crippen LogP contribution is -2.50. The van der Waals surface area contributed by atoms with Crippen LogP contribution in [0.1, 0.15) is 56.1 Å². The number of nitrogens with one attached hydrogen (secondary N) is 1. The largest absolute Gasteiger partial charge is 0.478 e. The molecule has 2 fully saturated rings. The summed E-state index contributed by atoms with van der Waals surface area (Å²) in [7, 11) is 0. The number of fused-ring (bicyclic) bond motifs is 2. The van der Waals surface area contributed by atoms with Crippen LogP contribution in [-0.4, -0.2) is 22.1 Å². The summed E-state index contributed by atoms with van der Waals surface area (Å²) in [6.45, 7) is 7.86. The highest BCUT2D eigenvalue weighted by Gasteiger charge is 2.58. The maximum Gasteiger partial charge on any atom is 0.337 e. The highest BCUT2D eigenvalue weighted by Crippen LogP contribution is 2.62. The molecule has 3 unspecified atom stereocenters. The van der Waals surface area contributed by atoms with Crippen molar-refractivity contribution in [1.29, 1.82) is 0 Å². The van der Waals surface area contributed by atoms with Crippen molar-refractivity contribution in [3.05, 3.63) is 29.6 Å². The molecule has 114 valence electrons. The lowest BCUT2D eigenvalue weighted by Gasteiger charge is -2.43. The van der Waals surface area contributed by atoms with Crippen molar-refractivity contribution in [3.63, 3.8) is 0 Å². The number of nitrogens with zero attached hydrogens (tertiary/aromatic N) is 1. The Labute approximate surface area is 126 Å². The Balaban J connectivity index is 1.69. The molecule has 0 aromatic carbocycles. The summed E-state index contributed by atoms with van der Waals surface area (Å²) in [5.41, 5.74) is 1.87. The fraction of sp³-hybridized carbons (Fsp3) is 0.647. The van der Waals surface area contributed by atoms with Gasteiger partial charge in [0.2, 0.25) is 0 Å². The normalized spacial score (nSPS) is 33.3. The minimum Gasteiger partial charge on any atom is -0.478 e. The maximum atomic E-state index is 10.8. The van der Waals surface area contributed by atoms with Gasteiger partial charge in [-0.1, -0.05) is 20.8 Å². The highest BCUT2D eigenvalue weighted by molar-refractivity contribution is 5.87. The van der Waals surface area contributed by atoms with E-state index in [1.807, 2.05) is 0 Å². The average Bonchev–Trinajstić information content (AvgIpc) is 2.90. The van der Waals surface area contributed by atoms with Gasteiger partial charge in [-0.2, -0.15) is 0 Å². The summed E-state index contributed by atoms with van der Waals surface area (Å²) < 4.78 is 0. The lowest BCUT2D eigenvalue weighted by atomic mass is 9.68. The minimum absolute atomic E-state index is 0.242. The standard InChI is InChI=1S/C17H24N2O2/c1-16(2)12-6-7-17(3,8-12)15(16)19-10-13-5-4-11(9-18-13)14(20)21/h4-5,9,12,15,19H,6-8,10H2,1-3H3,(H,20,21). The molecule has 4 heteroatoms. The van der Waals surface area contributed by atoms with Crippen LogP contribution in [0.5, 0.6) is 0 Å². The van der Waals surface area contributed by atoms with Crippen molar-refractivity contribution in [2.24, 2.45) is 16.7 Å². The molecule has 0 amide bonds. The number of carboxylic acid groups (broad SMARTS) is 1. The van der Waals surface area contributed by atoms with Crippen LogP contribution in [0.3, 0.4) is 0 Å². The summed E-state index contributed by atoms with van der Waals surface area (Å²) in [4.78, 5) is 15.1. The predicted molar refractivity (Wildman–Crippen MR) is 81.1 cm³/mol. The van der Waals surface area contributed by atoms with Crippen LogP contribution in [0, 0.1) is 16.7 Å². The van der Waals surface area contributed by atoms with E-state index in [0.29, 0.717) is 23.4 Å². The molecular weight excluding hydrogens is 264 g/mol. The van der Waals surface area contributed by atoms with Crippen LogP contribution in [0.2, 0.25) is 0 Å². The van der Waals surface area contributed by atoms with E-state index >= 15 is 0 Å². The number of carboxylic acids is 1. The predicted octanol–water partition coefficient (Wildman–Crippen LogP) is 3.08. The molecule has 3 rings (SSSR count). The molecule has 4 nitrogen and oxygen atoms in total. The van der Waals surface area contributed by atoms with Crippen molar-refractivity contribution in [2.75, 3.05) is 0 Å². The van der Waals surface area contributed by atoms with E-state index in [9.17, 15) is 4.79 Å². The smallest absolute Gasteiger partial charge is 0.337 e. The van der Waals surface area contributed by atoms with Crippen molar-refractivity contribution in [1.82, 2.24) is 10.3 Å². The van der Waals surface area contributed by atoms with Gasteiger partial charge >= 0.3 is 5.97 Å². The van der Waals surface area contributed by atoms with E-state index in [4.69, 9.17) is 5.11 Å². The molecule has 3 atom stereocenters. The van der Waals surface area contributed by atoms with Crippen molar-refractivity contribution < 1.29 is 9.90 Å². The Morgan fingerprint density at radius 1 is 1.43 bits per heavy atom. The number of rotatable bonds is 4. The Kier molecular flexibility index (Phi) is 3.32. The molecule has 0 aliphatic heterocycles. The van der Waals surface area contributed by atoms with Gasteiger partial charge in [-0.15, -0.1) is 0 Å². The molecule has 0 spiro atoms. The zero-order valence-corrected chi connectivity index (χ0v) is 13.0. The Morgan fingerprint density at radius 3 is 2.71 bits per heavy atom. The van der Waals surface area contributed by atoms with Crippen LogP contribution in [0.4, 0.5) is 0 Å². The number of aromatic carboxylic acids is 1. The van der Waals surface area contributed by atoms with Gasteiger partial charge in [-0.3, -0.25) is 4.98 Å². The first kappa shape index (κ1) is 14.5. The van der Waals surface area contributed by atoms with E-state index < -0.39 is 5.97 Å². The van der Waals surface area contributed by atoms with Crippen LogP contribution < -0.4 is 5.32 Å². The van der Waals surface area contributed by atoms with E-state index in [2.05, 4.69) is 31.1 Å². The highest BCUT2D eigenvalue weighted by atomic mass is 16.4. The number of pyridine rings is 1. The SMILES string of the molecule is CC12CCC(C1)C(C)(C)C2NCc1ccc(C(=O)O)cn1. The monoisotopic (exact) mass is 288 g/mol. The number of carbonyl (C=O) groups is 1. The second kappa shape index (κ2) is 4.80. The summed E-state index contributed by atoms with van der Waals surface area (Å²) in [6.07, 6.45) is 5.42. The van der Waals surface area contributed by atoms with Crippen molar-refractivity contribution in [3.8, 4) is 0 Å². The van der Waals surface area contributed by atoms with Gasteiger partial charge in [0.15, 0.2) is 0 Å². The van der Waals surface area contributed by atoms with E-state index in [0.717, 1.165) is 11.6 Å². The molecule has 2 N–H and O–H groups in total. The Morgan fingerprint density at radius 2 is 2.19 bits per heavy atom. The third-order valence-electron chi connectivity index (χ3n) is 5.83. The topological polar surface area (TPSA) is 62.2 Å². The number of hydrogen-bond donors (Lipinski definition) is 2. The fourth-order valence-corrected chi connectivity index (χ4v) is 4.67. The van der Waals surface area contributed by atoms with Gasteiger partial charge in [0.25, 0.3) is 0 Å². The van der Waals surface area contributed by atoms with Crippen LogP contribution in [0.15, 0.2) is 18.3 Å². The van der Waals surface area contributed by atoms with E-state index in [1.165, 1.54) is 25.5 Å². The molecule has 1 heterocycles. The summed E-state index contributed by atoms with van der Waals surface area (Å²) in [6, 6.07) is 3.93. The first-order valence-corrected chi connectivity index (χ1v) is 7.74. The minimum atomic E-state index is -0.927. The molecule has 1 aromatic rings. The molecule has 0 saturated heterocycles. The van der Waals surface area contributed by atoms with Crippen molar-refractivity contribution >= 4 is 5.97 Å². The molecule has 2 bridgehead atoms. The van der Waals surface area contributed by atoms with E-state index in [1.54, 1.807) is 12.1 Å². The molecule has 1 aromatic heterocycles. The zero-order chi connectivity index (χ0) is 15.3. The first-order valence-electron chi connectivity index (χ1n) is 7.74. The lowest BCUT2D eigenvalue weighted by molar-refractivity contribution is 0.0696. The average molecular weight is 288 g/mol. The van der Waals surface area contributed by atoms with Crippen molar-refractivity contribution in [2.45, 2.75) is 52.6 Å². The van der Waals surface area contributed by atoms with Gasteiger partial charge < -0.3 is 10.4 Å². The molecule has 21 heavy (non-hydrogen) atoms. The fourth-order valence-electron chi connectivity index (χ4n) is 4.67. The summed E-state index contributed by atoms with van der Waals surface area (Å²) in [5, 5.41) is 12.6. The number of aromatic nitrogens is 1. The number of hydrogen-bond acceptors (Lipinski definition) is 3. The van der Waals surface area contributed by atoms with Gasteiger partial charge in [-0.25, -0.2) is 4.79 Å². The molecular formula is C17H24N2O2. The van der Waals surface area contributed by atoms with Gasteiger partial charge in [0.1, 0.15) is 0 Å². The second-order valence-electron chi connectivity index (χ2n) is 7.57. The van der Waals surface area contributed by atoms with Crippen LogP contribution >= 0.6 is 0 Å². The van der Waals surface area contributed by atoms with Crippen LogP contribution in [-0.2, 0) is 6.54 Å². The summed E-state index contributed by atoms with van der Waals surface area (Å²) in [5.74, 6) is -0.105. The van der Waals surface area contributed by atoms with E-state index in [-0.39, 0.29) is 5.56 Å². The maximum absolute atomic E-state index is 10.8. The summed E-state index contributed by atoms with van der Waals surface area (Å²) >= 11 is 0. The third-order valence-corrected chi connectivity index (χ3v) is 5.83. The zero-order valence-electron chi connectivity index (χ0n) is 13.0.